The highest BCUT2D eigenvalue weighted by molar-refractivity contribution is 5.91. The van der Waals surface area contributed by atoms with Gasteiger partial charge in [-0.05, 0) is 18.4 Å². The van der Waals surface area contributed by atoms with Crippen molar-refractivity contribution in [3.8, 4) is 0 Å². The van der Waals surface area contributed by atoms with E-state index in [9.17, 15) is 4.79 Å². The zero-order valence-electron chi connectivity index (χ0n) is 13.8. The van der Waals surface area contributed by atoms with Crippen molar-refractivity contribution in [2.75, 3.05) is 34.0 Å². The normalized spacial score (nSPS) is 29.0. The highest BCUT2D eigenvalue weighted by atomic mass is 16.6. The van der Waals surface area contributed by atoms with E-state index in [1.165, 1.54) is 0 Å². The number of methoxy groups -OCH3 is 2. The van der Waals surface area contributed by atoms with Crippen molar-refractivity contribution < 1.29 is 19.0 Å². The number of nitrogens with one attached hydrogen (secondary N) is 1. The molecular weight excluding hydrogens is 294 g/mol. The van der Waals surface area contributed by atoms with Crippen LogP contribution in [0.25, 0.3) is 0 Å². The maximum absolute atomic E-state index is 12.7. The molecule has 1 N–H and O–H groups in total. The van der Waals surface area contributed by atoms with Gasteiger partial charge in [0.05, 0.1) is 24.7 Å². The van der Waals surface area contributed by atoms with Gasteiger partial charge < -0.3 is 19.5 Å². The largest absolute Gasteiger partial charge is 0.378 e. The monoisotopic (exact) mass is 319 g/mol. The number of rotatable bonds is 6. The Labute approximate surface area is 137 Å². The standard InChI is InChI=1S/C18H25NO4/c1-21-15-12-23-11-13(16(15)22-2)10-19-17(20)18(8-9-18)14-6-4-3-5-7-14/h3-7,13,15-16H,8-12H2,1-2H3,(H,19,20)/t13-,15-,16+/m1/s1. The number of benzene rings is 1. The van der Waals surface area contributed by atoms with E-state index in [1.54, 1.807) is 14.2 Å². The van der Waals surface area contributed by atoms with Gasteiger partial charge in [0.1, 0.15) is 6.10 Å². The summed E-state index contributed by atoms with van der Waals surface area (Å²) in [5.74, 6) is 0.215. The minimum Gasteiger partial charge on any atom is -0.378 e. The Hall–Kier alpha value is -1.43. The summed E-state index contributed by atoms with van der Waals surface area (Å²) in [5, 5.41) is 3.11. The molecule has 1 heterocycles. The Bertz CT molecular complexity index is 529. The Balaban J connectivity index is 1.61. The fourth-order valence-corrected chi connectivity index (χ4v) is 3.47. The summed E-state index contributed by atoms with van der Waals surface area (Å²) >= 11 is 0. The van der Waals surface area contributed by atoms with Crippen LogP contribution in [0.15, 0.2) is 30.3 Å². The van der Waals surface area contributed by atoms with E-state index in [4.69, 9.17) is 14.2 Å². The molecule has 0 spiro atoms. The number of hydrogen-bond donors (Lipinski definition) is 1. The van der Waals surface area contributed by atoms with E-state index in [0.717, 1.165) is 18.4 Å². The molecule has 3 atom stereocenters. The number of hydrogen-bond acceptors (Lipinski definition) is 4. The molecule has 1 saturated heterocycles. The van der Waals surface area contributed by atoms with Gasteiger partial charge in [-0.2, -0.15) is 0 Å². The van der Waals surface area contributed by atoms with Crippen molar-refractivity contribution in [2.45, 2.75) is 30.5 Å². The first kappa shape index (κ1) is 16.4. The van der Waals surface area contributed by atoms with Crippen LogP contribution in [0.3, 0.4) is 0 Å². The van der Waals surface area contributed by atoms with Crippen LogP contribution in [-0.2, 0) is 24.4 Å². The van der Waals surface area contributed by atoms with Gasteiger partial charge in [0, 0.05) is 26.7 Å². The van der Waals surface area contributed by atoms with E-state index in [-0.39, 0.29) is 29.4 Å². The molecular formula is C18H25NO4. The maximum atomic E-state index is 12.7. The first-order chi connectivity index (χ1) is 11.2. The zero-order valence-corrected chi connectivity index (χ0v) is 13.8. The SMILES string of the molecule is CO[C@H]1[C@H](CNC(=O)C2(c3ccccc3)CC2)COC[C@H]1OC. The number of ether oxygens (including phenoxy) is 3. The predicted molar refractivity (Wildman–Crippen MR) is 86.3 cm³/mol. The molecule has 126 valence electrons. The molecule has 1 aliphatic heterocycles. The summed E-state index contributed by atoms with van der Waals surface area (Å²) in [6.07, 6.45) is 1.69. The number of carbonyl (C=O) groups excluding carboxylic acids is 1. The van der Waals surface area contributed by atoms with Crippen molar-refractivity contribution >= 4 is 5.91 Å². The molecule has 0 aromatic heterocycles. The first-order valence-corrected chi connectivity index (χ1v) is 8.18. The average Bonchev–Trinajstić information content (AvgIpc) is 3.42. The van der Waals surface area contributed by atoms with Crippen LogP contribution >= 0.6 is 0 Å². The molecule has 5 heteroatoms. The topological polar surface area (TPSA) is 56.8 Å². The molecule has 1 aromatic rings. The van der Waals surface area contributed by atoms with Crippen molar-refractivity contribution in [1.82, 2.24) is 5.32 Å². The lowest BCUT2D eigenvalue weighted by Gasteiger charge is -2.36. The third kappa shape index (κ3) is 3.27. The molecule has 0 radical (unpaired) electrons. The van der Waals surface area contributed by atoms with Crippen molar-refractivity contribution in [3.05, 3.63) is 35.9 Å². The Morgan fingerprint density at radius 2 is 1.96 bits per heavy atom. The fourth-order valence-electron chi connectivity index (χ4n) is 3.47. The molecule has 1 amide bonds. The van der Waals surface area contributed by atoms with Crippen molar-refractivity contribution in [1.29, 1.82) is 0 Å². The van der Waals surface area contributed by atoms with E-state index >= 15 is 0 Å². The van der Waals surface area contributed by atoms with E-state index in [2.05, 4.69) is 5.32 Å². The highest BCUT2D eigenvalue weighted by Crippen LogP contribution is 2.48. The summed E-state index contributed by atoms with van der Waals surface area (Å²) in [5.41, 5.74) is 0.774. The van der Waals surface area contributed by atoms with Gasteiger partial charge >= 0.3 is 0 Å². The van der Waals surface area contributed by atoms with Gasteiger partial charge in [0.25, 0.3) is 0 Å². The second-order valence-electron chi connectivity index (χ2n) is 6.43. The summed E-state index contributed by atoms with van der Waals surface area (Å²) in [4.78, 5) is 12.7. The lowest BCUT2D eigenvalue weighted by atomic mass is 9.93. The summed E-state index contributed by atoms with van der Waals surface area (Å²) in [6.45, 7) is 1.66. The predicted octanol–water partition coefficient (Wildman–Crippen LogP) is 1.51. The van der Waals surface area contributed by atoms with Crippen molar-refractivity contribution in [3.63, 3.8) is 0 Å². The van der Waals surface area contributed by atoms with Gasteiger partial charge in [0.15, 0.2) is 0 Å². The molecule has 1 aromatic carbocycles. The minimum atomic E-state index is -0.333. The third-order valence-electron chi connectivity index (χ3n) is 5.06. The summed E-state index contributed by atoms with van der Waals surface area (Å²) in [6, 6.07) is 10.0. The fraction of sp³-hybridized carbons (Fsp3) is 0.611. The van der Waals surface area contributed by atoms with E-state index in [0.29, 0.717) is 19.8 Å². The highest BCUT2D eigenvalue weighted by Gasteiger charge is 2.51. The van der Waals surface area contributed by atoms with Crippen LogP contribution in [0.4, 0.5) is 0 Å². The molecule has 2 fully saturated rings. The number of amides is 1. The average molecular weight is 319 g/mol. The van der Waals surface area contributed by atoms with Crippen LogP contribution in [-0.4, -0.2) is 52.1 Å². The molecule has 5 nitrogen and oxygen atoms in total. The lowest BCUT2D eigenvalue weighted by molar-refractivity contribution is -0.147. The van der Waals surface area contributed by atoms with Gasteiger partial charge in [-0.15, -0.1) is 0 Å². The molecule has 0 unspecified atom stereocenters. The van der Waals surface area contributed by atoms with Crippen LogP contribution in [0, 0.1) is 5.92 Å². The van der Waals surface area contributed by atoms with Crippen molar-refractivity contribution in [2.24, 2.45) is 5.92 Å². The van der Waals surface area contributed by atoms with Crippen LogP contribution in [0.5, 0.6) is 0 Å². The second kappa shape index (κ2) is 6.99. The molecule has 2 aliphatic rings. The molecule has 3 rings (SSSR count). The van der Waals surface area contributed by atoms with E-state index < -0.39 is 0 Å². The Morgan fingerprint density at radius 1 is 1.22 bits per heavy atom. The van der Waals surface area contributed by atoms with Gasteiger partial charge in [0.2, 0.25) is 5.91 Å². The van der Waals surface area contributed by atoms with Gasteiger partial charge in [-0.3, -0.25) is 4.79 Å². The zero-order chi connectivity index (χ0) is 16.3. The van der Waals surface area contributed by atoms with E-state index in [1.807, 2.05) is 30.3 Å². The first-order valence-electron chi connectivity index (χ1n) is 8.18. The molecule has 1 aliphatic carbocycles. The van der Waals surface area contributed by atoms with Crippen LogP contribution in [0.1, 0.15) is 18.4 Å². The number of carbonyl (C=O) groups is 1. The Kier molecular flexibility index (Phi) is 4.99. The van der Waals surface area contributed by atoms with Crippen LogP contribution < -0.4 is 5.32 Å². The van der Waals surface area contributed by atoms with Gasteiger partial charge in [-0.25, -0.2) is 0 Å². The maximum Gasteiger partial charge on any atom is 0.230 e. The minimum absolute atomic E-state index is 0.0547. The summed E-state index contributed by atoms with van der Waals surface area (Å²) in [7, 11) is 3.35. The third-order valence-corrected chi connectivity index (χ3v) is 5.06. The smallest absolute Gasteiger partial charge is 0.230 e. The van der Waals surface area contributed by atoms with Crippen LogP contribution in [0.2, 0.25) is 0 Å². The summed E-state index contributed by atoms with van der Waals surface area (Å²) < 4.78 is 16.6. The molecule has 1 saturated carbocycles. The molecule has 0 bridgehead atoms. The van der Waals surface area contributed by atoms with Gasteiger partial charge in [-0.1, -0.05) is 30.3 Å². The quantitative estimate of drug-likeness (QED) is 0.863. The second-order valence-corrected chi connectivity index (χ2v) is 6.43. The Morgan fingerprint density at radius 3 is 2.57 bits per heavy atom. The molecule has 23 heavy (non-hydrogen) atoms. The lowest BCUT2D eigenvalue weighted by Crippen LogP contribution is -2.51.